The summed E-state index contributed by atoms with van der Waals surface area (Å²) in [4.78, 5) is 0. The quantitative estimate of drug-likeness (QED) is 0.789. The summed E-state index contributed by atoms with van der Waals surface area (Å²) in [5.74, 6) is 0.598. The highest BCUT2D eigenvalue weighted by Crippen LogP contribution is 2.35. The zero-order chi connectivity index (χ0) is 10.7. The van der Waals surface area contributed by atoms with Crippen LogP contribution < -0.4 is 5.73 Å². The monoisotopic (exact) mass is 205 g/mol. The summed E-state index contributed by atoms with van der Waals surface area (Å²) < 4.78 is 0. The Bertz CT molecular complexity index is 312. The number of nitrogens with two attached hydrogens (primary N) is 1. The van der Waals surface area contributed by atoms with Gasteiger partial charge in [-0.3, -0.25) is 0 Å². The minimum Gasteiger partial charge on any atom is -0.389 e. The SMILES string of the molecule is NCC1(O)CCC(Cc2ccccc2)C1. The maximum absolute atomic E-state index is 10.0. The van der Waals surface area contributed by atoms with Gasteiger partial charge in [-0.2, -0.15) is 0 Å². The first-order valence-corrected chi connectivity index (χ1v) is 5.68. The molecule has 82 valence electrons. The maximum Gasteiger partial charge on any atom is 0.0772 e. The topological polar surface area (TPSA) is 46.2 Å². The second kappa shape index (κ2) is 4.33. The van der Waals surface area contributed by atoms with Gasteiger partial charge in [0.25, 0.3) is 0 Å². The first-order valence-electron chi connectivity index (χ1n) is 5.68. The molecule has 2 nitrogen and oxygen atoms in total. The van der Waals surface area contributed by atoms with Crippen molar-refractivity contribution in [1.29, 1.82) is 0 Å². The van der Waals surface area contributed by atoms with Crippen LogP contribution in [0.2, 0.25) is 0 Å². The van der Waals surface area contributed by atoms with Gasteiger partial charge >= 0.3 is 0 Å². The van der Waals surface area contributed by atoms with E-state index in [9.17, 15) is 5.11 Å². The van der Waals surface area contributed by atoms with E-state index in [0.717, 1.165) is 25.7 Å². The smallest absolute Gasteiger partial charge is 0.0772 e. The third-order valence-electron chi connectivity index (χ3n) is 3.43. The van der Waals surface area contributed by atoms with Gasteiger partial charge in [-0.05, 0) is 37.2 Å². The summed E-state index contributed by atoms with van der Waals surface area (Å²) in [7, 11) is 0. The average Bonchev–Trinajstić information content (AvgIpc) is 2.63. The highest BCUT2D eigenvalue weighted by Gasteiger charge is 2.35. The van der Waals surface area contributed by atoms with Crippen molar-refractivity contribution >= 4 is 0 Å². The number of aliphatic hydroxyl groups is 1. The highest BCUT2D eigenvalue weighted by molar-refractivity contribution is 5.15. The number of hydrogen-bond acceptors (Lipinski definition) is 2. The highest BCUT2D eigenvalue weighted by atomic mass is 16.3. The molecule has 1 aromatic rings. The van der Waals surface area contributed by atoms with Crippen molar-refractivity contribution in [2.45, 2.75) is 31.3 Å². The lowest BCUT2D eigenvalue weighted by Crippen LogP contribution is -2.34. The molecule has 1 aliphatic rings. The van der Waals surface area contributed by atoms with Crippen LogP contribution in [0.5, 0.6) is 0 Å². The molecule has 0 aromatic heterocycles. The molecule has 0 saturated heterocycles. The molecule has 0 spiro atoms. The molecule has 2 atom stereocenters. The fourth-order valence-electron chi connectivity index (χ4n) is 2.52. The Morgan fingerprint density at radius 3 is 2.67 bits per heavy atom. The molecule has 0 amide bonds. The molecule has 15 heavy (non-hydrogen) atoms. The van der Waals surface area contributed by atoms with Crippen LogP contribution in [-0.2, 0) is 6.42 Å². The predicted octanol–water partition coefficient (Wildman–Crippen LogP) is 1.72. The van der Waals surface area contributed by atoms with Crippen molar-refractivity contribution in [2.75, 3.05) is 6.54 Å². The van der Waals surface area contributed by atoms with Gasteiger partial charge in [-0.25, -0.2) is 0 Å². The number of benzene rings is 1. The Kier molecular flexibility index (Phi) is 3.08. The van der Waals surface area contributed by atoms with Crippen molar-refractivity contribution < 1.29 is 5.11 Å². The Morgan fingerprint density at radius 2 is 2.07 bits per heavy atom. The van der Waals surface area contributed by atoms with Crippen molar-refractivity contribution in [3.05, 3.63) is 35.9 Å². The van der Waals surface area contributed by atoms with Gasteiger partial charge in [0.1, 0.15) is 0 Å². The zero-order valence-corrected chi connectivity index (χ0v) is 9.02. The van der Waals surface area contributed by atoms with Crippen LogP contribution in [0.4, 0.5) is 0 Å². The first-order chi connectivity index (χ1) is 7.22. The molecule has 0 aliphatic heterocycles. The Labute approximate surface area is 91.1 Å². The third kappa shape index (κ3) is 2.58. The summed E-state index contributed by atoms with van der Waals surface area (Å²) in [5.41, 5.74) is 6.35. The first kappa shape index (κ1) is 10.7. The summed E-state index contributed by atoms with van der Waals surface area (Å²) >= 11 is 0. The molecule has 2 heteroatoms. The molecule has 2 unspecified atom stereocenters. The lowest BCUT2D eigenvalue weighted by Gasteiger charge is -2.20. The predicted molar refractivity (Wildman–Crippen MR) is 61.5 cm³/mol. The van der Waals surface area contributed by atoms with Crippen LogP contribution in [-0.4, -0.2) is 17.3 Å². The zero-order valence-electron chi connectivity index (χ0n) is 9.02. The molecule has 0 radical (unpaired) electrons. The van der Waals surface area contributed by atoms with Crippen LogP contribution >= 0.6 is 0 Å². The summed E-state index contributed by atoms with van der Waals surface area (Å²) in [6, 6.07) is 10.5. The second-order valence-electron chi connectivity index (χ2n) is 4.73. The third-order valence-corrected chi connectivity index (χ3v) is 3.43. The summed E-state index contributed by atoms with van der Waals surface area (Å²) in [5, 5.41) is 10.0. The second-order valence-corrected chi connectivity index (χ2v) is 4.73. The van der Waals surface area contributed by atoms with Crippen LogP contribution in [0, 0.1) is 5.92 Å². The molecule has 1 aromatic carbocycles. The molecular weight excluding hydrogens is 186 g/mol. The minimum atomic E-state index is -0.584. The van der Waals surface area contributed by atoms with E-state index in [4.69, 9.17) is 5.73 Å². The van der Waals surface area contributed by atoms with Crippen LogP contribution in [0.25, 0.3) is 0 Å². The molecule has 1 fully saturated rings. The lowest BCUT2D eigenvalue weighted by atomic mass is 9.95. The van der Waals surface area contributed by atoms with Crippen LogP contribution in [0.1, 0.15) is 24.8 Å². The Balaban J connectivity index is 1.93. The standard InChI is InChI=1S/C13H19NO/c14-10-13(15)7-6-12(9-13)8-11-4-2-1-3-5-11/h1-5,12,15H,6-10,14H2. The molecular formula is C13H19NO. The Hall–Kier alpha value is -0.860. The Morgan fingerprint density at radius 1 is 1.33 bits per heavy atom. The summed E-state index contributed by atoms with van der Waals surface area (Å²) in [6.07, 6.45) is 3.89. The molecule has 3 N–H and O–H groups in total. The van der Waals surface area contributed by atoms with E-state index in [0.29, 0.717) is 12.5 Å². The number of hydrogen-bond donors (Lipinski definition) is 2. The van der Waals surface area contributed by atoms with Gasteiger partial charge in [0.15, 0.2) is 0 Å². The van der Waals surface area contributed by atoms with E-state index in [1.165, 1.54) is 5.56 Å². The van der Waals surface area contributed by atoms with Crippen molar-refractivity contribution in [3.8, 4) is 0 Å². The lowest BCUT2D eigenvalue weighted by molar-refractivity contribution is 0.0526. The van der Waals surface area contributed by atoms with Crippen molar-refractivity contribution in [1.82, 2.24) is 0 Å². The van der Waals surface area contributed by atoms with Crippen LogP contribution in [0.15, 0.2) is 30.3 Å². The van der Waals surface area contributed by atoms with Gasteiger partial charge in [-0.1, -0.05) is 30.3 Å². The maximum atomic E-state index is 10.0. The normalized spacial score (nSPS) is 30.7. The fraction of sp³-hybridized carbons (Fsp3) is 0.538. The molecule has 2 rings (SSSR count). The van der Waals surface area contributed by atoms with Gasteiger partial charge in [0.05, 0.1) is 5.60 Å². The minimum absolute atomic E-state index is 0.401. The van der Waals surface area contributed by atoms with Crippen molar-refractivity contribution in [2.24, 2.45) is 11.7 Å². The van der Waals surface area contributed by atoms with Gasteiger partial charge in [0.2, 0.25) is 0 Å². The van der Waals surface area contributed by atoms with E-state index in [1.54, 1.807) is 0 Å². The largest absolute Gasteiger partial charge is 0.389 e. The van der Waals surface area contributed by atoms with Crippen LogP contribution in [0.3, 0.4) is 0 Å². The van der Waals surface area contributed by atoms with E-state index in [1.807, 2.05) is 6.07 Å². The average molecular weight is 205 g/mol. The van der Waals surface area contributed by atoms with E-state index >= 15 is 0 Å². The molecule has 1 aliphatic carbocycles. The van der Waals surface area contributed by atoms with E-state index < -0.39 is 5.60 Å². The van der Waals surface area contributed by atoms with Gasteiger partial charge in [-0.15, -0.1) is 0 Å². The van der Waals surface area contributed by atoms with E-state index in [2.05, 4.69) is 24.3 Å². The van der Waals surface area contributed by atoms with E-state index in [-0.39, 0.29) is 0 Å². The van der Waals surface area contributed by atoms with Crippen molar-refractivity contribution in [3.63, 3.8) is 0 Å². The molecule has 1 saturated carbocycles. The number of rotatable bonds is 3. The molecule has 0 bridgehead atoms. The summed E-state index contributed by atoms with van der Waals surface area (Å²) in [6.45, 7) is 0.401. The molecule has 0 heterocycles. The fourth-order valence-corrected chi connectivity index (χ4v) is 2.52. The van der Waals surface area contributed by atoms with Gasteiger partial charge in [0, 0.05) is 6.54 Å². The van der Waals surface area contributed by atoms with Gasteiger partial charge < -0.3 is 10.8 Å².